The second kappa shape index (κ2) is 8.95. The number of hydrogen-bond acceptors (Lipinski definition) is 3. The third kappa shape index (κ3) is 4.26. The molecule has 0 radical (unpaired) electrons. The van der Waals surface area contributed by atoms with Gasteiger partial charge in [-0.25, -0.2) is 12.8 Å². The fourth-order valence-corrected chi connectivity index (χ4v) is 5.21. The van der Waals surface area contributed by atoms with E-state index in [0.29, 0.717) is 6.54 Å². The molecule has 0 heterocycles. The maximum absolute atomic E-state index is 14.3. The van der Waals surface area contributed by atoms with E-state index in [1.165, 1.54) is 22.9 Å². The van der Waals surface area contributed by atoms with Crippen LogP contribution in [0.15, 0.2) is 23.1 Å². The highest BCUT2D eigenvalue weighted by Crippen LogP contribution is 2.26. The van der Waals surface area contributed by atoms with Gasteiger partial charge in [0.15, 0.2) is 0 Å². The van der Waals surface area contributed by atoms with Gasteiger partial charge in [0.05, 0.1) is 0 Å². The summed E-state index contributed by atoms with van der Waals surface area (Å²) < 4.78 is 40.8. The van der Waals surface area contributed by atoms with Gasteiger partial charge >= 0.3 is 0 Å². The molecule has 1 fully saturated rings. The van der Waals surface area contributed by atoms with Crippen LogP contribution in [0.5, 0.6) is 0 Å². The second-order valence-electron chi connectivity index (χ2n) is 6.62. The summed E-state index contributed by atoms with van der Waals surface area (Å²) >= 11 is 0. The summed E-state index contributed by atoms with van der Waals surface area (Å²) in [6.45, 7) is 6.38. The van der Waals surface area contributed by atoms with Crippen LogP contribution < -0.4 is 0 Å². The number of hydrogen-bond donors (Lipinski definition) is 0. The molecule has 5 nitrogen and oxygen atoms in total. The highest BCUT2D eigenvalue weighted by atomic mass is 32.2. The minimum atomic E-state index is -3.96. The average Bonchev–Trinajstić information content (AvgIpc) is 2.64. The summed E-state index contributed by atoms with van der Waals surface area (Å²) in [5.74, 6) is -1.05. The van der Waals surface area contributed by atoms with Gasteiger partial charge in [0.1, 0.15) is 10.7 Å². The molecule has 0 aromatic heterocycles. The van der Waals surface area contributed by atoms with Crippen LogP contribution in [0, 0.1) is 5.82 Å². The molecule has 0 spiro atoms. The van der Waals surface area contributed by atoms with Crippen LogP contribution in [-0.4, -0.2) is 49.2 Å². The molecule has 146 valence electrons. The van der Waals surface area contributed by atoms with E-state index in [0.717, 1.165) is 31.7 Å². The molecular formula is C19H29FN2O3S. The first kappa shape index (κ1) is 20.8. The highest BCUT2D eigenvalue weighted by molar-refractivity contribution is 7.89. The zero-order valence-electron chi connectivity index (χ0n) is 15.9. The predicted molar refractivity (Wildman–Crippen MR) is 100 cm³/mol. The van der Waals surface area contributed by atoms with E-state index in [4.69, 9.17) is 0 Å². The fourth-order valence-electron chi connectivity index (χ4n) is 3.66. The summed E-state index contributed by atoms with van der Waals surface area (Å²) in [5, 5.41) is 0. The molecule has 1 amide bonds. The quantitative estimate of drug-likeness (QED) is 0.721. The van der Waals surface area contributed by atoms with E-state index < -0.39 is 20.7 Å². The SMILES string of the molecule is CCN(C(=O)c1ccc(F)c(S(=O)(=O)N(CC)CC)c1)C1CCCCC1. The van der Waals surface area contributed by atoms with Crippen molar-refractivity contribution in [1.82, 2.24) is 9.21 Å². The molecule has 0 aliphatic heterocycles. The Morgan fingerprint density at radius 2 is 1.69 bits per heavy atom. The van der Waals surface area contributed by atoms with Crippen molar-refractivity contribution in [3.05, 3.63) is 29.6 Å². The third-order valence-corrected chi connectivity index (χ3v) is 7.18. The lowest BCUT2D eigenvalue weighted by atomic mass is 9.93. The van der Waals surface area contributed by atoms with Gasteiger partial charge in [0.25, 0.3) is 5.91 Å². The van der Waals surface area contributed by atoms with Gasteiger partial charge in [-0.05, 0) is 38.0 Å². The molecular weight excluding hydrogens is 355 g/mol. The number of rotatable bonds is 7. The summed E-state index contributed by atoms with van der Waals surface area (Å²) in [6, 6.07) is 3.83. The minimum absolute atomic E-state index is 0.175. The van der Waals surface area contributed by atoms with Gasteiger partial charge in [0, 0.05) is 31.2 Å². The molecule has 7 heteroatoms. The molecule has 0 atom stereocenters. The van der Waals surface area contributed by atoms with E-state index in [1.54, 1.807) is 18.7 Å². The zero-order chi connectivity index (χ0) is 19.3. The number of nitrogens with zero attached hydrogens (tertiary/aromatic N) is 2. The van der Waals surface area contributed by atoms with Crippen molar-refractivity contribution in [1.29, 1.82) is 0 Å². The van der Waals surface area contributed by atoms with Crippen molar-refractivity contribution < 1.29 is 17.6 Å². The molecule has 1 saturated carbocycles. The Kier molecular flexibility index (Phi) is 7.17. The Balaban J connectivity index is 2.37. The number of carbonyl (C=O) groups excluding carboxylic acids is 1. The summed E-state index contributed by atoms with van der Waals surface area (Å²) in [5.41, 5.74) is 0.226. The number of halogens is 1. The molecule has 26 heavy (non-hydrogen) atoms. The first-order valence-electron chi connectivity index (χ1n) is 9.47. The van der Waals surface area contributed by atoms with Crippen LogP contribution in [0.4, 0.5) is 4.39 Å². The topological polar surface area (TPSA) is 57.7 Å². The molecule has 0 saturated heterocycles. The standard InChI is InChI=1S/C19H29FN2O3S/c1-4-21(5-2)26(24,25)18-14-15(12-13-17(18)20)19(23)22(6-3)16-10-8-7-9-11-16/h12-14,16H,4-11H2,1-3H3. The number of sulfonamides is 1. The van der Waals surface area contributed by atoms with Crippen LogP contribution >= 0.6 is 0 Å². The molecule has 2 rings (SSSR count). The van der Waals surface area contributed by atoms with Gasteiger partial charge in [-0.3, -0.25) is 4.79 Å². The van der Waals surface area contributed by atoms with Crippen LogP contribution in [0.3, 0.4) is 0 Å². The van der Waals surface area contributed by atoms with E-state index in [-0.39, 0.29) is 30.6 Å². The van der Waals surface area contributed by atoms with Crippen LogP contribution in [0.25, 0.3) is 0 Å². The van der Waals surface area contributed by atoms with Crippen LogP contribution in [0.2, 0.25) is 0 Å². The van der Waals surface area contributed by atoms with Crippen molar-refractivity contribution >= 4 is 15.9 Å². The molecule has 0 N–H and O–H groups in total. The van der Waals surface area contributed by atoms with Crippen LogP contribution in [0.1, 0.15) is 63.2 Å². The lowest BCUT2D eigenvalue weighted by Gasteiger charge is -2.33. The molecule has 1 aliphatic carbocycles. The Hall–Kier alpha value is -1.47. The molecule has 1 aliphatic rings. The van der Waals surface area contributed by atoms with Crippen LogP contribution in [-0.2, 0) is 10.0 Å². The Morgan fingerprint density at radius 3 is 2.23 bits per heavy atom. The van der Waals surface area contributed by atoms with Crippen molar-refractivity contribution in [3.63, 3.8) is 0 Å². The van der Waals surface area contributed by atoms with Crippen molar-refractivity contribution in [2.45, 2.75) is 63.8 Å². The zero-order valence-corrected chi connectivity index (χ0v) is 16.7. The lowest BCUT2D eigenvalue weighted by molar-refractivity contribution is 0.0647. The summed E-state index contributed by atoms with van der Waals surface area (Å²) in [6.07, 6.45) is 5.31. The predicted octanol–water partition coefficient (Wildman–Crippen LogP) is 3.65. The maximum Gasteiger partial charge on any atom is 0.254 e. The molecule has 1 aromatic rings. The second-order valence-corrected chi connectivity index (χ2v) is 8.52. The molecule has 0 bridgehead atoms. The van der Waals surface area contributed by atoms with Gasteiger partial charge in [-0.2, -0.15) is 4.31 Å². The van der Waals surface area contributed by atoms with Gasteiger partial charge < -0.3 is 4.90 Å². The Morgan fingerprint density at radius 1 is 1.08 bits per heavy atom. The van der Waals surface area contributed by atoms with Crippen molar-refractivity contribution in [2.24, 2.45) is 0 Å². The smallest absolute Gasteiger partial charge is 0.254 e. The lowest BCUT2D eigenvalue weighted by Crippen LogP contribution is -2.41. The third-order valence-electron chi connectivity index (χ3n) is 5.12. The summed E-state index contributed by atoms with van der Waals surface area (Å²) in [4.78, 5) is 14.3. The van der Waals surface area contributed by atoms with E-state index in [2.05, 4.69) is 0 Å². The first-order chi connectivity index (χ1) is 12.4. The molecule has 0 unspecified atom stereocenters. The molecule has 1 aromatic carbocycles. The van der Waals surface area contributed by atoms with Gasteiger partial charge in [-0.15, -0.1) is 0 Å². The van der Waals surface area contributed by atoms with E-state index in [9.17, 15) is 17.6 Å². The number of benzene rings is 1. The first-order valence-corrected chi connectivity index (χ1v) is 10.9. The van der Waals surface area contributed by atoms with Crippen molar-refractivity contribution in [2.75, 3.05) is 19.6 Å². The van der Waals surface area contributed by atoms with Gasteiger partial charge in [-0.1, -0.05) is 33.1 Å². The largest absolute Gasteiger partial charge is 0.336 e. The fraction of sp³-hybridized carbons (Fsp3) is 0.632. The minimum Gasteiger partial charge on any atom is -0.336 e. The monoisotopic (exact) mass is 384 g/mol. The Bertz CT molecular complexity index is 726. The maximum atomic E-state index is 14.3. The number of carbonyl (C=O) groups is 1. The Labute approximate surface area is 156 Å². The van der Waals surface area contributed by atoms with Gasteiger partial charge in [0.2, 0.25) is 10.0 Å². The normalized spacial score (nSPS) is 16.0. The average molecular weight is 385 g/mol. The van der Waals surface area contributed by atoms with Crippen molar-refractivity contribution in [3.8, 4) is 0 Å². The summed E-state index contributed by atoms with van der Waals surface area (Å²) in [7, 11) is -3.96. The van der Waals surface area contributed by atoms with E-state index in [1.807, 2.05) is 6.92 Å². The number of amides is 1. The highest BCUT2D eigenvalue weighted by Gasteiger charge is 2.29. The van der Waals surface area contributed by atoms with E-state index >= 15 is 0 Å².